The molecule has 1 N–H and O–H groups in total. The van der Waals surface area contributed by atoms with Gasteiger partial charge in [-0.2, -0.15) is 0 Å². The Bertz CT molecular complexity index is 839. The first-order valence-corrected chi connectivity index (χ1v) is 10.8. The van der Waals surface area contributed by atoms with Crippen molar-refractivity contribution in [1.82, 2.24) is 0 Å². The summed E-state index contributed by atoms with van der Waals surface area (Å²) in [6, 6.07) is 8.79. The van der Waals surface area contributed by atoms with Gasteiger partial charge in [-0.3, -0.25) is 9.59 Å². The highest BCUT2D eigenvalue weighted by Crippen LogP contribution is 2.63. The zero-order valence-electron chi connectivity index (χ0n) is 17.2. The third-order valence-electron chi connectivity index (χ3n) is 8.59. The number of hydrogen-bond acceptors (Lipinski definition) is 3. The zero-order chi connectivity index (χ0) is 19.7. The predicted octanol–water partition coefficient (Wildman–Crippen LogP) is 1.70. The molecule has 0 radical (unpaired) electrons. The molecule has 150 valence electrons. The van der Waals surface area contributed by atoms with E-state index in [1.807, 2.05) is 11.0 Å². The zero-order valence-corrected chi connectivity index (χ0v) is 17.2. The second-order valence-electron chi connectivity index (χ2n) is 9.39. The average molecular weight is 384 g/mol. The van der Waals surface area contributed by atoms with Crippen LogP contribution in [0.2, 0.25) is 0 Å². The minimum atomic E-state index is -0.255. The van der Waals surface area contributed by atoms with E-state index in [0.717, 1.165) is 31.5 Å². The van der Waals surface area contributed by atoms with E-state index < -0.39 is 0 Å². The summed E-state index contributed by atoms with van der Waals surface area (Å²) in [7, 11) is 1.49. The number of hydrogen-bond donors (Lipinski definition) is 1. The maximum atomic E-state index is 13.1. The maximum absolute atomic E-state index is 13.1. The first-order valence-electron chi connectivity index (χ1n) is 10.8. The summed E-state index contributed by atoms with van der Waals surface area (Å²) in [5.74, 6) is -0.361. The fraction of sp³-hybridized carbons (Fsp3) is 0.652. The van der Waals surface area contributed by atoms with Crippen LogP contribution in [0.25, 0.3) is 0 Å². The Morgan fingerprint density at radius 3 is 2.75 bits per heavy atom. The number of anilines is 1. The number of piperidine rings is 1. The van der Waals surface area contributed by atoms with Gasteiger partial charge in [0.1, 0.15) is 6.04 Å². The van der Waals surface area contributed by atoms with Gasteiger partial charge in [0.2, 0.25) is 5.91 Å². The number of amides is 1. The number of para-hydroxylation sites is 1. The van der Waals surface area contributed by atoms with Crippen LogP contribution in [-0.4, -0.2) is 44.2 Å². The molecule has 1 saturated carbocycles. The van der Waals surface area contributed by atoms with Crippen molar-refractivity contribution in [3.8, 4) is 0 Å². The Morgan fingerprint density at radius 2 is 2.04 bits per heavy atom. The fourth-order valence-electron chi connectivity index (χ4n) is 7.87. The molecule has 0 aromatic heterocycles. The number of fused-ring (bicyclic) bond motifs is 1. The van der Waals surface area contributed by atoms with Crippen LogP contribution in [0.4, 0.5) is 5.69 Å². The van der Waals surface area contributed by atoms with Crippen LogP contribution in [0, 0.1) is 11.3 Å². The van der Waals surface area contributed by atoms with Gasteiger partial charge in [-0.05, 0) is 37.3 Å². The Morgan fingerprint density at radius 1 is 1.25 bits per heavy atom. The van der Waals surface area contributed by atoms with Gasteiger partial charge in [0, 0.05) is 24.4 Å². The number of carbonyl (C=O) groups excluding carboxylic acids is 2. The number of nitrogens with zero attached hydrogens (tertiary/aromatic N) is 1. The van der Waals surface area contributed by atoms with Crippen molar-refractivity contribution in [2.24, 2.45) is 11.3 Å². The molecule has 1 aliphatic carbocycles. The predicted molar refractivity (Wildman–Crippen MR) is 106 cm³/mol. The van der Waals surface area contributed by atoms with Crippen LogP contribution in [0.5, 0.6) is 0 Å². The summed E-state index contributed by atoms with van der Waals surface area (Å²) in [5.41, 5.74) is 2.33. The molecule has 6 atom stereocenters. The molecule has 3 fully saturated rings. The summed E-state index contributed by atoms with van der Waals surface area (Å²) in [4.78, 5) is 29.6. The highest BCUT2D eigenvalue weighted by molar-refractivity contribution is 5.97. The summed E-state index contributed by atoms with van der Waals surface area (Å²) >= 11 is 0. The molecule has 1 amide bonds. The minimum absolute atomic E-state index is 0.0384. The minimum Gasteiger partial charge on any atom is -0.469 e. The van der Waals surface area contributed by atoms with Crippen molar-refractivity contribution in [3.05, 3.63) is 29.8 Å². The molecule has 5 rings (SSSR count). The van der Waals surface area contributed by atoms with Crippen LogP contribution < -0.4 is 9.80 Å². The molecule has 5 heteroatoms. The number of carbonyl (C=O) groups is 2. The molecular formula is C23H31N2O3+. The van der Waals surface area contributed by atoms with Gasteiger partial charge >= 0.3 is 5.97 Å². The van der Waals surface area contributed by atoms with Crippen LogP contribution in [0.15, 0.2) is 24.3 Å². The fourth-order valence-corrected chi connectivity index (χ4v) is 7.87. The molecule has 1 unspecified atom stereocenters. The van der Waals surface area contributed by atoms with Crippen molar-refractivity contribution in [1.29, 1.82) is 0 Å². The first kappa shape index (κ1) is 18.2. The van der Waals surface area contributed by atoms with Gasteiger partial charge in [0.05, 0.1) is 37.6 Å². The largest absolute Gasteiger partial charge is 0.469 e. The number of quaternary nitrogens is 1. The summed E-state index contributed by atoms with van der Waals surface area (Å²) in [5, 5.41) is 0. The highest BCUT2D eigenvalue weighted by Gasteiger charge is 2.74. The molecule has 1 spiro atoms. The second-order valence-corrected chi connectivity index (χ2v) is 9.39. The molecule has 2 saturated heterocycles. The van der Waals surface area contributed by atoms with E-state index in [2.05, 4.69) is 25.1 Å². The second kappa shape index (κ2) is 6.06. The van der Waals surface area contributed by atoms with Crippen LogP contribution in [-0.2, 0) is 19.7 Å². The molecular weight excluding hydrogens is 352 g/mol. The van der Waals surface area contributed by atoms with Crippen LogP contribution in [0.1, 0.15) is 51.5 Å². The van der Waals surface area contributed by atoms with E-state index in [1.54, 1.807) is 11.8 Å². The number of methoxy groups -OCH3 is 1. The number of ether oxygens (including phenoxy) is 1. The summed E-state index contributed by atoms with van der Waals surface area (Å²) in [6.07, 6.45) is 5.39. The SMILES string of the molecule is CC[C@]12CCC[NH+]3CC[C@@]4(c5ccccc5N(C(C)=O)[C@@H]4[C@H](C(=O)OC)C1)[C@@H]32. The van der Waals surface area contributed by atoms with Crippen LogP contribution >= 0.6 is 0 Å². The van der Waals surface area contributed by atoms with Gasteiger partial charge in [0.15, 0.2) is 0 Å². The molecule has 3 aliphatic heterocycles. The summed E-state index contributed by atoms with van der Waals surface area (Å²) < 4.78 is 5.31. The molecule has 1 aromatic rings. The molecule has 4 aliphatic rings. The topological polar surface area (TPSA) is 51.0 Å². The summed E-state index contributed by atoms with van der Waals surface area (Å²) in [6.45, 7) is 6.29. The van der Waals surface area contributed by atoms with Crippen molar-refractivity contribution in [2.75, 3.05) is 25.1 Å². The smallest absolute Gasteiger partial charge is 0.310 e. The van der Waals surface area contributed by atoms with E-state index in [0.29, 0.717) is 6.04 Å². The molecule has 5 nitrogen and oxygen atoms in total. The van der Waals surface area contributed by atoms with E-state index in [4.69, 9.17) is 4.74 Å². The quantitative estimate of drug-likeness (QED) is 0.791. The number of benzene rings is 1. The number of nitrogens with one attached hydrogen (secondary N) is 1. The lowest BCUT2D eigenvalue weighted by Crippen LogP contribution is -3.18. The Labute approximate surface area is 167 Å². The Hall–Kier alpha value is -1.88. The molecule has 3 heterocycles. The number of esters is 1. The molecule has 1 aromatic carbocycles. The third kappa shape index (κ3) is 2.01. The first-order chi connectivity index (χ1) is 13.5. The Balaban J connectivity index is 1.79. The van der Waals surface area contributed by atoms with Crippen molar-refractivity contribution in [2.45, 2.75) is 63.5 Å². The lowest BCUT2D eigenvalue weighted by Gasteiger charge is -2.57. The highest BCUT2D eigenvalue weighted by atomic mass is 16.5. The van der Waals surface area contributed by atoms with Crippen LogP contribution in [0.3, 0.4) is 0 Å². The normalized spacial score (nSPS) is 40.5. The van der Waals surface area contributed by atoms with E-state index in [-0.39, 0.29) is 34.7 Å². The molecule has 28 heavy (non-hydrogen) atoms. The molecule has 0 bridgehead atoms. The maximum Gasteiger partial charge on any atom is 0.310 e. The Kier molecular flexibility index (Phi) is 3.93. The van der Waals surface area contributed by atoms with E-state index in [9.17, 15) is 9.59 Å². The van der Waals surface area contributed by atoms with Crippen molar-refractivity contribution in [3.63, 3.8) is 0 Å². The monoisotopic (exact) mass is 383 g/mol. The van der Waals surface area contributed by atoms with E-state index >= 15 is 0 Å². The van der Waals surface area contributed by atoms with Gasteiger partial charge in [-0.25, -0.2) is 0 Å². The average Bonchev–Trinajstić information content (AvgIpc) is 3.25. The van der Waals surface area contributed by atoms with Gasteiger partial charge in [-0.1, -0.05) is 25.1 Å². The van der Waals surface area contributed by atoms with Crippen molar-refractivity contribution >= 4 is 17.6 Å². The van der Waals surface area contributed by atoms with E-state index in [1.165, 1.54) is 32.1 Å². The lowest BCUT2D eigenvalue weighted by molar-refractivity contribution is -0.930. The standard InChI is InChI=1S/C23H30N2O3/c1-4-22-10-7-12-24-13-11-23(21(22)24)17-8-5-6-9-18(17)25(15(2)26)19(23)16(14-22)20(27)28-3/h5-6,8-9,16,19,21H,4,7,10-14H2,1-3H3/p+1/t16-,19-,21+,22+,23+/m1/s1. The van der Waals surface area contributed by atoms with Crippen molar-refractivity contribution < 1.29 is 19.2 Å². The van der Waals surface area contributed by atoms with Gasteiger partial charge in [0.25, 0.3) is 0 Å². The van der Waals surface area contributed by atoms with Gasteiger partial charge < -0.3 is 14.5 Å². The third-order valence-corrected chi connectivity index (χ3v) is 8.59. The number of rotatable bonds is 2. The lowest BCUT2D eigenvalue weighted by atomic mass is 9.49. The van der Waals surface area contributed by atoms with Gasteiger partial charge in [-0.15, -0.1) is 0 Å².